The number of pyridine rings is 1. The van der Waals surface area contributed by atoms with Gasteiger partial charge in [0.25, 0.3) is 0 Å². The summed E-state index contributed by atoms with van der Waals surface area (Å²) >= 11 is 12.0. The number of carbonyl (C=O) groups is 1. The highest BCUT2D eigenvalue weighted by Crippen LogP contribution is 2.52. The number of nitrogens with one attached hydrogen (secondary N) is 1. The van der Waals surface area contributed by atoms with Gasteiger partial charge in [-0.05, 0) is 73.7 Å². The van der Waals surface area contributed by atoms with Gasteiger partial charge in [-0.25, -0.2) is 0 Å². The molecule has 47 heavy (non-hydrogen) atoms. The summed E-state index contributed by atoms with van der Waals surface area (Å²) in [6.45, 7) is 12.2. The van der Waals surface area contributed by atoms with Crippen molar-refractivity contribution in [2.75, 3.05) is 46.5 Å². The molecule has 3 aliphatic heterocycles. The summed E-state index contributed by atoms with van der Waals surface area (Å²) in [5, 5.41) is 4.16. The molecule has 1 aromatic heterocycles. The molecular weight excluding hydrogens is 648 g/mol. The molecule has 0 aromatic carbocycles. The van der Waals surface area contributed by atoms with Crippen LogP contribution in [0.5, 0.6) is 0 Å². The standard InChI is InChI=1S/C34H50F3N5O3S2/c1-21(2)6-7-30(46)41-18-25-13-26(42(32(47)39-15-22(3)4)28-9-11-45-19-29(28)44-5)14-33(25,20-41)31(43)40-10-8-27-23(17-40)12-24(16-38-27)34(35,36)37/h12,16,21-22,25-26,28-29H,6-11,13-15,17-20H2,1-5H3,(H,39,47)/t25-,26+,28?,29?,33-/m0/s1. The molecule has 2 saturated heterocycles. The van der Waals surface area contributed by atoms with E-state index >= 15 is 0 Å². The van der Waals surface area contributed by atoms with Crippen molar-refractivity contribution in [1.82, 2.24) is 25.0 Å². The number of rotatable bonds is 9. The van der Waals surface area contributed by atoms with E-state index in [9.17, 15) is 18.0 Å². The lowest BCUT2D eigenvalue weighted by molar-refractivity contribution is -0.144. The molecule has 0 bridgehead atoms. The molecule has 1 amide bonds. The Hall–Kier alpha value is -2.09. The van der Waals surface area contributed by atoms with Crippen molar-refractivity contribution in [3.05, 3.63) is 29.1 Å². The second kappa shape index (κ2) is 14.8. The first-order valence-corrected chi connectivity index (χ1v) is 17.8. The number of nitrogens with zero attached hydrogens (tertiary/aromatic N) is 4. The Kier molecular flexibility index (Phi) is 11.4. The highest BCUT2D eigenvalue weighted by molar-refractivity contribution is 7.80. The van der Waals surface area contributed by atoms with Crippen molar-refractivity contribution < 1.29 is 27.4 Å². The molecule has 2 unspecified atom stereocenters. The SMILES string of the molecule is COC1COCCC1N(C(=S)NCC(C)C)[C@@H]1C[C@H]2CN(C(=S)CCC(C)C)C[C@@]2(C(=O)N2CCc3ncc(C(F)(F)F)cc3C2)C1. The first-order chi connectivity index (χ1) is 22.2. The van der Waals surface area contributed by atoms with E-state index in [2.05, 4.69) is 47.8 Å². The van der Waals surface area contributed by atoms with E-state index in [1.807, 2.05) is 0 Å². The van der Waals surface area contributed by atoms with Gasteiger partial charge in [0, 0.05) is 70.8 Å². The lowest BCUT2D eigenvalue weighted by atomic mass is 9.78. The quantitative estimate of drug-likeness (QED) is 0.339. The van der Waals surface area contributed by atoms with Crippen LogP contribution in [0.25, 0.3) is 0 Å². The van der Waals surface area contributed by atoms with Crippen molar-refractivity contribution in [3.63, 3.8) is 0 Å². The molecule has 4 aliphatic rings. The van der Waals surface area contributed by atoms with Gasteiger partial charge < -0.3 is 29.5 Å². The van der Waals surface area contributed by atoms with E-state index in [4.69, 9.17) is 33.9 Å². The van der Waals surface area contributed by atoms with E-state index in [0.29, 0.717) is 73.9 Å². The average Bonchev–Trinajstić information content (AvgIpc) is 3.57. The number of ether oxygens (including phenoxy) is 2. The highest BCUT2D eigenvalue weighted by Gasteiger charge is 2.61. The summed E-state index contributed by atoms with van der Waals surface area (Å²) in [7, 11) is 1.70. The van der Waals surface area contributed by atoms with Crippen molar-refractivity contribution in [3.8, 4) is 0 Å². The maximum atomic E-state index is 14.9. The molecule has 1 N–H and O–H groups in total. The van der Waals surface area contributed by atoms with Crippen LogP contribution >= 0.6 is 24.4 Å². The zero-order valence-corrected chi connectivity index (χ0v) is 29.9. The Morgan fingerprint density at radius 1 is 1.23 bits per heavy atom. The molecule has 1 aliphatic carbocycles. The normalized spacial score (nSPS) is 27.6. The van der Waals surface area contributed by atoms with Crippen molar-refractivity contribution in [2.24, 2.45) is 23.2 Å². The number of methoxy groups -OCH3 is 1. The lowest BCUT2D eigenvalue weighted by Crippen LogP contribution is -2.59. The van der Waals surface area contributed by atoms with Crippen molar-refractivity contribution in [1.29, 1.82) is 0 Å². The molecule has 8 nitrogen and oxygen atoms in total. The van der Waals surface area contributed by atoms with Crippen LogP contribution in [0.2, 0.25) is 0 Å². The van der Waals surface area contributed by atoms with E-state index in [0.717, 1.165) is 49.5 Å². The molecule has 262 valence electrons. The summed E-state index contributed by atoms with van der Waals surface area (Å²) < 4.78 is 52.4. The average molecular weight is 698 g/mol. The number of halogens is 3. The number of alkyl halides is 3. The number of fused-ring (bicyclic) bond motifs is 2. The van der Waals surface area contributed by atoms with Crippen LogP contribution in [-0.4, -0.2) is 100 Å². The number of likely N-dealkylation sites (tertiary alicyclic amines) is 1. The zero-order chi connectivity index (χ0) is 34.1. The topological polar surface area (TPSA) is 70.2 Å². The number of amides is 1. The molecule has 5 rings (SSSR count). The van der Waals surface area contributed by atoms with Gasteiger partial charge in [-0.1, -0.05) is 39.9 Å². The van der Waals surface area contributed by atoms with Crippen LogP contribution in [0.3, 0.4) is 0 Å². The summed E-state index contributed by atoms with van der Waals surface area (Å²) in [6.07, 6.45) is 0.537. The van der Waals surface area contributed by atoms with Crippen LogP contribution in [0.15, 0.2) is 12.3 Å². The molecule has 0 radical (unpaired) electrons. The van der Waals surface area contributed by atoms with Gasteiger partial charge >= 0.3 is 6.18 Å². The molecule has 13 heteroatoms. The highest BCUT2D eigenvalue weighted by atomic mass is 32.1. The Labute approximate surface area is 288 Å². The van der Waals surface area contributed by atoms with E-state index in [-0.39, 0.29) is 36.6 Å². The van der Waals surface area contributed by atoms with Gasteiger partial charge in [-0.2, -0.15) is 13.2 Å². The molecular formula is C34H50F3N5O3S2. The minimum Gasteiger partial charge on any atom is -0.379 e. The monoisotopic (exact) mass is 697 g/mol. The molecule has 5 atom stereocenters. The van der Waals surface area contributed by atoms with Gasteiger partial charge in [0.15, 0.2) is 5.11 Å². The Bertz CT molecular complexity index is 1310. The predicted molar refractivity (Wildman–Crippen MR) is 183 cm³/mol. The molecule has 0 spiro atoms. The minimum atomic E-state index is -4.50. The van der Waals surface area contributed by atoms with Gasteiger partial charge in [0.2, 0.25) is 5.91 Å². The van der Waals surface area contributed by atoms with Crippen LogP contribution < -0.4 is 5.32 Å². The lowest BCUT2D eigenvalue weighted by Gasteiger charge is -2.45. The van der Waals surface area contributed by atoms with Crippen LogP contribution in [0, 0.1) is 23.2 Å². The fourth-order valence-electron chi connectivity index (χ4n) is 7.92. The molecule has 1 saturated carbocycles. The van der Waals surface area contributed by atoms with E-state index < -0.39 is 17.2 Å². The van der Waals surface area contributed by atoms with Crippen LogP contribution in [0.1, 0.15) is 76.6 Å². The number of carbonyl (C=O) groups excluding carboxylic acids is 1. The Morgan fingerprint density at radius 3 is 2.68 bits per heavy atom. The van der Waals surface area contributed by atoms with Crippen LogP contribution in [-0.2, 0) is 33.4 Å². The number of aromatic nitrogens is 1. The largest absolute Gasteiger partial charge is 0.417 e. The second-order valence-corrected chi connectivity index (χ2v) is 15.5. The number of hydrogen-bond acceptors (Lipinski definition) is 6. The van der Waals surface area contributed by atoms with Gasteiger partial charge in [0.1, 0.15) is 6.10 Å². The third-order valence-electron chi connectivity index (χ3n) is 10.4. The summed E-state index contributed by atoms with van der Waals surface area (Å²) in [5.41, 5.74) is -0.429. The third kappa shape index (κ3) is 7.88. The number of hydrogen-bond donors (Lipinski definition) is 1. The third-order valence-corrected chi connectivity index (χ3v) is 11.3. The minimum absolute atomic E-state index is 0.00139. The molecule has 1 aromatic rings. The van der Waals surface area contributed by atoms with Gasteiger partial charge in [-0.3, -0.25) is 9.78 Å². The fourth-order valence-corrected chi connectivity index (χ4v) is 8.55. The molecule has 4 heterocycles. The maximum Gasteiger partial charge on any atom is 0.417 e. The fraction of sp³-hybridized carbons (Fsp3) is 0.765. The van der Waals surface area contributed by atoms with E-state index in [1.54, 1.807) is 12.0 Å². The number of thiocarbonyl (C=S) groups is 2. The van der Waals surface area contributed by atoms with Crippen LogP contribution in [0.4, 0.5) is 13.2 Å². The summed E-state index contributed by atoms with van der Waals surface area (Å²) in [6, 6.07) is 1.14. The first-order valence-electron chi connectivity index (χ1n) is 17.0. The van der Waals surface area contributed by atoms with Crippen molar-refractivity contribution >= 4 is 40.4 Å². The Morgan fingerprint density at radius 2 is 2.00 bits per heavy atom. The first kappa shape index (κ1) is 36.2. The maximum absolute atomic E-state index is 14.9. The Balaban J connectivity index is 1.45. The summed E-state index contributed by atoms with van der Waals surface area (Å²) in [5.74, 6) is 0.931. The zero-order valence-electron chi connectivity index (χ0n) is 28.3. The molecule has 3 fully saturated rings. The van der Waals surface area contributed by atoms with Gasteiger partial charge in [-0.15, -0.1) is 0 Å². The van der Waals surface area contributed by atoms with Gasteiger partial charge in [0.05, 0.1) is 28.6 Å². The second-order valence-electron chi connectivity index (χ2n) is 14.7. The predicted octanol–water partition coefficient (Wildman–Crippen LogP) is 5.47. The summed E-state index contributed by atoms with van der Waals surface area (Å²) in [4.78, 5) is 26.2. The van der Waals surface area contributed by atoms with Crippen molar-refractivity contribution in [2.45, 2.75) is 97.1 Å². The van der Waals surface area contributed by atoms with E-state index in [1.165, 1.54) is 0 Å². The smallest absolute Gasteiger partial charge is 0.379 e.